The summed E-state index contributed by atoms with van der Waals surface area (Å²) in [7, 11) is 0. The molecule has 0 unspecified atom stereocenters. The Morgan fingerprint density at radius 3 is 2.54 bits per heavy atom. The lowest BCUT2D eigenvalue weighted by atomic mass is 9.95. The average Bonchev–Trinajstić information content (AvgIpc) is 3.52. The first-order valence-electron chi connectivity index (χ1n) is 14.4. The predicted octanol–water partition coefficient (Wildman–Crippen LogP) is 7.84. The van der Waals surface area contributed by atoms with Crippen LogP contribution in [0.5, 0.6) is 5.75 Å². The van der Waals surface area contributed by atoms with Gasteiger partial charge in [0.1, 0.15) is 18.1 Å². The molecule has 1 fully saturated rings. The molecule has 1 N–H and O–H groups in total. The molecule has 1 aliphatic rings. The van der Waals surface area contributed by atoms with Crippen molar-refractivity contribution in [2.24, 2.45) is 4.99 Å². The molecule has 1 aliphatic heterocycles. The molecule has 0 spiro atoms. The van der Waals surface area contributed by atoms with E-state index in [1.807, 2.05) is 6.07 Å². The van der Waals surface area contributed by atoms with Crippen LogP contribution in [0.3, 0.4) is 0 Å². The number of anilines is 1. The van der Waals surface area contributed by atoms with Gasteiger partial charge in [0.15, 0.2) is 11.0 Å². The molecule has 2 amide bonds. The van der Waals surface area contributed by atoms with E-state index in [1.165, 1.54) is 64.4 Å². The zero-order valence-electron chi connectivity index (χ0n) is 25.2. The Bertz CT molecular complexity index is 1810. The van der Waals surface area contributed by atoms with E-state index in [0.717, 1.165) is 24.4 Å². The van der Waals surface area contributed by atoms with Gasteiger partial charge in [0.25, 0.3) is 0 Å². The summed E-state index contributed by atoms with van der Waals surface area (Å²) in [5, 5.41) is 17.4. The third kappa shape index (κ3) is 7.76. The van der Waals surface area contributed by atoms with Gasteiger partial charge in [-0.3, -0.25) is 0 Å². The Morgan fingerprint density at radius 1 is 1.13 bits per heavy atom. The predicted molar refractivity (Wildman–Crippen MR) is 173 cm³/mol. The maximum absolute atomic E-state index is 12.9. The fraction of sp³-hybridized carbons (Fsp3) is 0.242. The number of ether oxygens (including phenoxy) is 1. The highest BCUT2D eigenvalue weighted by molar-refractivity contribution is 8.14. The Hall–Kier alpha value is -5.09. The van der Waals surface area contributed by atoms with Gasteiger partial charge in [0, 0.05) is 29.7 Å². The molecule has 1 saturated heterocycles. The first-order valence-corrected chi connectivity index (χ1v) is 15.4. The van der Waals surface area contributed by atoms with Gasteiger partial charge < -0.3 is 15.0 Å². The van der Waals surface area contributed by atoms with E-state index in [-0.39, 0.29) is 11.3 Å². The minimum absolute atomic E-state index is 0.230. The minimum atomic E-state index is -4.77. The lowest BCUT2D eigenvalue weighted by molar-refractivity contribution is -0.274. The van der Waals surface area contributed by atoms with E-state index in [4.69, 9.17) is 0 Å². The molecule has 0 atom stereocenters. The van der Waals surface area contributed by atoms with E-state index in [1.54, 1.807) is 24.3 Å². The second kappa shape index (κ2) is 13.9. The number of carbonyl (C=O) groups is 1. The fourth-order valence-corrected chi connectivity index (χ4v) is 6.03. The van der Waals surface area contributed by atoms with E-state index in [0.29, 0.717) is 33.7 Å². The third-order valence-electron chi connectivity index (χ3n) is 7.10. The van der Waals surface area contributed by atoms with Crippen LogP contribution in [0.2, 0.25) is 0 Å². The highest BCUT2D eigenvalue weighted by Gasteiger charge is 2.31. The smallest absolute Gasteiger partial charge is 0.406 e. The van der Waals surface area contributed by atoms with Crippen LogP contribution in [0.25, 0.3) is 22.6 Å². The van der Waals surface area contributed by atoms with E-state index in [9.17, 15) is 23.2 Å². The summed E-state index contributed by atoms with van der Waals surface area (Å²) in [5.41, 5.74) is 5.41. The van der Waals surface area contributed by atoms with Crippen molar-refractivity contribution < 1.29 is 22.7 Å². The van der Waals surface area contributed by atoms with Crippen molar-refractivity contribution in [2.45, 2.75) is 39.5 Å². The molecule has 46 heavy (non-hydrogen) atoms. The number of aryl methyl sites for hydroxylation is 1. The number of amides is 2. The van der Waals surface area contributed by atoms with Gasteiger partial charge in [0.2, 0.25) is 0 Å². The summed E-state index contributed by atoms with van der Waals surface area (Å²) in [6.07, 6.45) is -1.03. The van der Waals surface area contributed by atoms with Crippen molar-refractivity contribution in [1.29, 1.82) is 5.26 Å². The Balaban J connectivity index is 1.27. The van der Waals surface area contributed by atoms with Gasteiger partial charge in [-0.25, -0.2) is 14.5 Å². The molecule has 0 bridgehead atoms. The molecule has 9 nitrogen and oxygen atoms in total. The van der Waals surface area contributed by atoms with Crippen LogP contribution in [0.15, 0.2) is 84.2 Å². The van der Waals surface area contributed by atoms with Crippen molar-refractivity contribution in [3.8, 4) is 28.9 Å². The Kier molecular flexibility index (Phi) is 9.77. The maximum Gasteiger partial charge on any atom is 0.573 e. The lowest BCUT2D eigenvalue weighted by Crippen LogP contribution is -2.36. The number of alkyl halides is 3. The number of amidine groups is 1. The molecule has 0 saturated carbocycles. The average molecular weight is 646 g/mol. The normalized spacial score (nSPS) is 14.8. The molecule has 5 rings (SSSR count). The van der Waals surface area contributed by atoms with Crippen LogP contribution in [0.1, 0.15) is 42.9 Å². The van der Waals surface area contributed by atoms with E-state index >= 15 is 0 Å². The summed E-state index contributed by atoms with van der Waals surface area (Å²) >= 11 is 1.53. The lowest BCUT2D eigenvalue weighted by Gasteiger charge is -2.32. The second-order valence-corrected chi connectivity index (χ2v) is 11.7. The first kappa shape index (κ1) is 32.3. The number of nitriles is 1. The van der Waals surface area contributed by atoms with Gasteiger partial charge in [-0.2, -0.15) is 10.3 Å². The highest BCUT2D eigenvalue weighted by atomic mass is 32.2. The number of allylic oxidation sites excluding steroid dienone is 1. The number of rotatable bonds is 7. The summed E-state index contributed by atoms with van der Waals surface area (Å²) < 4.78 is 42.6. The highest BCUT2D eigenvalue weighted by Crippen LogP contribution is 2.34. The molecule has 236 valence electrons. The number of halogens is 3. The van der Waals surface area contributed by atoms with Gasteiger partial charge in [-0.15, -0.1) is 18.3 Å². The maximum atomic E-state index is 12.9. The molecule has 0 aliphatic carbocycles. The number of nitrogens with one attached hydrogen (secondary N) is 1. The topological polar surface area (TPSA) is 108 Å². The number of benzene rings is 3. The molecule has 1 aromatic heterocycles. The SMILES string of the molecule is Cc1cccc(N2CCCSC2=NC(=O)N/C=C(\C#N)c2ccc(-c3ncn(-c4ccc(OC(F)(F)F)cc4)n3)cc2)c1C(C)C. The zero-order valence-corrected chi connectivity index (χ0v) is 26.1. The van der Waals surface area contributed by atoms with Crippen LogP contribution in [0.4, 0.5) is 23.7 Å². The van der Waals surface area contributed by atoms with Crippen molar-refractivity contribution in [2.75, 3.05) is 17.2 Å². The molecule has 3 aromatic carbocycles. The summed E-state index contributed by atoms with van der Waals surface area (Å²) in [6.45, 7) is 7.15. The number of urea groups is 1. The number of carbonyl (C=O) groups excluding carboxylic acids is 1. The second-order valence-electron chi connectivity index (χ2n) is 10.7. The quantitative estimate of drug-likeness (QED) is 0.204. The number of aromatic nitrogens is 3. The molecule has 0 radical (unpaired) electrons. The molecule has 4 aromatic rings. The van der Waals surface area contributed by atoms with E-state index < -0.39 is 12.4 Å². The van der Waals surface area contributed by atoms with Crippen molar-refractivity contribution >= 4 is 34.2 Å². The zero-order chi connectivity index (χ0) is 32.8. The first-order chi connectivity index (χ1) is 22.0. The van der Waals surface area contributed by atoms with Crippen molar-refractivity contribution in [3.05, 3.63) is 95.9 Å². The van der Waals surface area contributed by atoms with Gasteiger partial charge in [-0.1, -0.05) is 62.0 Å². The standard InChI is InChI=1S/C33H30F3N7O2S/c1-21(2)29-22(3)6-4-7-28(29)42-16-5-17-46-32(42)40-31(44)38-19-25(18-37)23-8-10-24(11-9-23)30-39-20-43(41-30)26-12-14-27(15-13-26)45-33(34,35)36/h4,6-15,19-21H,5,16-17H2,1-3H3,(H,38,44)/b25-19+,40-32?. The molecular formula is C33H30F3N7O2S. The number of hydrogen-bond donors (Lipinski definition) is 1. The summed E-state index contributed by atoms with van der Waals surface area (Å²) in [5.74, 6) is 1.19. The van der Waals surface area contributed by atoms with Crippen LogP contribution >= 0.6 is 11.8 Å². The van der Waals surface area contributed by atoms with Gasteiger partial charge in [-0.05, 0) is 66.3 Å². The van der Waals surface area contributed by atoms with Crippen LogP contribution in [-0.2, 0) is 0 Å². The Morgan fingerprint density at radius 2 is 1.87 bits per heavy atom. The van der Waals surface area contributed by atoms with Crippen LogP contribution < -0.4 is 15.0 Å². The van der Waals surface area contributed by atoms with Crippen molar-refractivity contribution in [3.63, 3.8) is 0 Å². The van der Waals surface area contributed by atoms with Crippen molar-refractivity contribution in [1.82, 2.24) is 20.1 Å². The van der Waals surface area contributed by atoms with Crippen LogP contribution in [0, 0.1) is 18.3 Å². The van der Waals surface area contributed by atoms with Gasteiger partial charge >= 0.3 is 12.4 Å². The number of thioether (sulfide) groups is 1. The summed E-state index contributed by atoms with van der Waals surface area (Å²) in [6, 6.07) is 19.8. The minimum Gasteiger partial charge on any atom is -0.406 e. The Labute approximate surface area is 268 Å². The van der Waals surface area contributed by atoms with Crippen LogP contribution in [-0.4, -0.2) is 44.6 Å². The number of aliphatic imine (C=N–C) groups is 1. The number of hydrogen-bond acceptors (Lipinski definition) is 6. The van der Waals surface area contributed by atoms with Gasteiger partial charge in [0.05, 0.1) is 11.3 Å². The largest absolute Gasteiger partial charge is 0.573 e. The van der Waals surface area contributed by atoms with E-state index in [2.05, 4.69) is 69.0 Å². The number of nitrogens with zero attached hydrogens (tertiary/aromatic N) is 6. The third-order valence-corrected chi connectivity index (χ3v) is 8.16. The molecular weight excluding hydrogens is 615 g/mol. The fourth-order valence-electron chi connectivity index (χ4n) is 5.08. The summed E-state index contributed by atoms with van der Waals surface area (Å²) in [4.78, 5) is 23.6. The monoisotopic (exact) mass is 645 g/mol. The molecule has 2 heterocycles. The molecule has 13 heteroatoms.